The van der Waals surface area contributed by atoms with Gasteiger partial charge < -0.3 is 9.47 Å². The molecule has 0 bridgehead atoms. The average Bonchev–Trinajstić information content (AvgIpc) is 2.88. The first-order valence-corrected chi connectivity index (χ1v) is 8.26. The second-order valence-corrected chi connectivity index (χ2v) is 6.55. The summed E-state index contributed by atoms with van der Waals surface area (Å²) in [5.41, 5.74) is 1.46. The Bertz CT molecular complexity index is 800. The largest absolute Gasteiger partial charge is 0.497 e. The molecule has 0 spiro atoms. The zero-order valence-corrected chi connectivity index (χ0v) is 14.7. The second kappa shape index (κ2) is 7.02. The van der Waals surface area contributed by atoms with Crippen LogP contribution in [0.4, 0.5) is 5.69 Å². The number of aromatic nitrogens is 1. The summed E-state index contributed by atoms with van der Waals surface area (Å²) in [5.74, 6) is 1.14. The molecule has 1 aromatic heterocycles. The highest BCUT2D eigenvalue weighted by molar-refractivity contribution is 8.27. The molecule has 0 atom stereocenters. The van der Waals surface area contributed by atoms with E-state index in [1.807, 2.05) is 12.1 Å². The first-order chi connectivity index (χ1) is 11.6. The van der Waals surface area contributed by atoms with E-state index in [9.17, 15) is 4.79 Å². The molecule has 0 unspecified atom stereocenters. The van der Waals surface area contributed by atoms with Crippen molar-refractivity contribution in [1.29, 1.82) is 0 Å². The maximum absolute atomic E-state index is 12.7. The van der Waals surface area contributed by atoms with Crippen molar-refractivity contribution in [2.45, 2.75) is 0 Å². The summed E-state index contributed by atoms with van der Waals surface area (Å²) in [5, 5.41) is 0. The molecule has 1 fully saturated rings. The maximum atomic E-state index is 12.7. The predicted molar refractivity (Wildman–Crippen MR) is 99.4 cm³/mol. The number of pyridine rings is 1. The van der Waals surface area contributed by atoms with Crippen molar-refractivity contribution in [3.8, 4) is 11.5 Å². The van der Waals surface area contributed by atoms with Crippen LogP contribution in [0.1, 0.15) is 5.56 Å². The lowest BCUT2D eigenvalue weighted by atomic mass is 10.2. The van der Waals surface area contributed by atoms with E-state index in [4.69, 9.17) is 21.7 Å². The fourth-order valence-corrected chi connectivity index (χ4v) is 3.54. The Morgan fingerprint density at radius 2 is 1.92 bits per heavy atom. The molecule has 24 heavy (non-hydrogen) atoms. The highest BCUT2D eigenvalue weighted by atomic mass is 32.2. The fraction of sp³-hybridized carbons (Fsp3) is 0.118. The number of carbonyl (C=O) groups is 1. The van der Waals surface area contributed by atoms with Gasteiger partial charge in [0.25, 0.3) is 5.91 Å². The van der Waals surface area contributed by atoms with Crippen molar-refractivity contribution in [3.63, 3.8) is 0 Å². The van der Waals surface area contributed by atoms with Gasteiger partial charge in [-0.25, -0.2) is 0 Å². The highest BCUT2D eigenvalue weighted by Gasteiger charge is 2.33. The number of amides is 1. The standard InChI is InChI=1S/C17H14N2O3S2/c1-21-13-6-11(7-14(9-13)22-2)8-15-16(20)19(17(23)24-15)12-4-3-5-18-10-12/h3-10H,1-2H3/b15-8-. The van der Waals surface area contributed by atoms with E-state index < -0.39 is 0 Å². The molecule has 2 aromatic rings. The van der Waals surface area contributed by atoms with E-state index in [2.05, 4.69) is 4.98 Å². The fourth-order valence-electron chi connectivity index (χ4n) is 2.24. The first kappa shape index (κ1) is 16.5. The molecule has 1 aliphatic rings. The SMILES string of the molecule is COc1cc(/C=C2\SC(=S)N(c3cccnc3)C2=O)cc(OC)c1. The van der Waals surface area contributed by atoms with Crippen LogP contribution < -0.4 is 14.4 Å². The number of thiocarbonyl (C=S) groups is 1. The van der Waals surface area contributed by atoms with Crippen molar-refractivity contribution in [2.75, 3.05) is 19.1 Å². The molecule has 122 valence electrons. The lowest BCUT2D eigenvalue weighted by Crippen LogP contribution is -2.27. The lowest BCUT2D eigenvalue weighted by Gasteiger charge is -2.13. The number of carbonyl (C=O) groups excluding carboxylic acids is 1. The third kappa shape index (κ3) is 3.27. The van der Waals surface area contributed by atoms with Crippen molar-refractivity contribution >= 4 is 46.0 Å². The molecule has 3 rings (SSSR count). The van der Waals surface area contributed by atoms with Crippen LogP contribution in [0.15, 0.2) is 47.6 Å². The summed E-state index contributed by atoms with van der Waals surface area (Å²) < 4.78 is 11.0. The number of rotatable bonds is 4. The predicted octanol–water partition coefficient (Wildman–Crippen LogP) is 3.50. The Kier molecular flexibility index (Phi) is 4.82. The number of methoxy groups -OCH3 is 2. The number of hydrogen-bond donors (Lipinski definition) is 0. The van der Waals surface area contributed by atoms with E-state index in [0.717, 1.165) is 5.56 Å². The molecule has 0 aliphatic carbocycles. The zero-order chi connectivity index (χ0) is 17.1. The van der Waals surface area contributed by atoms with Gasteiger partial charge in [-0.1, -0.05) is 24.0 Å². The molecule has 5 nitrogen and oxygen atoms in total. The number of nitrogens with zero attached hydrogens (tertiary/aromatic N) is 2. The number of benzene rings is 1. The molecule has 1 aromatic carbocycles. The number of hydrogen-bond acceptors (Lipinski definition) is 6. The van der Waals surface area contributed by atoms with E-state index in [1.54, 1.807) is 50.9 Å². The topological polar surface area (TPSA) is 51.7 Å². The minimum Gasteiger partial charge on any atom is -0.497 e. The Morgan fingerprint density at radius 1 is 1.21 bits per heavy atom. The minimum atomic E-state index is -0.167. The van der Waals surface area contributed by atoms with Gasteiger partial charge in [0.1, 0.15) is 11.5 Å². The van der Waals surface area contributed by atoms with Gasteiger partial charge in [-0.15, -0.1) is 0 Å². The van der Waals surface area contributed by atoms with Crippen LogP contribution in [0.25, 0.3) is 6.08 Å². The molecular weight excluding hydrogens is 344 g/mol. The van der Waals surface area contributed by atoms with Crippen molar-refractivity contribution in [1.82, 2.24) is 4.98 Å². The van der Waals surface area contributed by atoms with E-state index in [1.165, 1.54) is 16.7 Å². The van der Waals surface area contributed by atoms with Crippen LogP contribution in [0, 0.1) is 0 Å². The average molecular weight is 358 g/mol. The molecule has 0 radical (unpaired) electrons. The van der Waals surface area contributed by atoms with Gasteiger partial charge in [0, 0.05) is 12.3 Å². The zero-order valence-electron chi connectivity index (χ0n) is 13.1. The smallest absolute Gasteiger partial charge is 0.270 e. The second-order valence-electron chi connectivity index (χ2n) is 4.87. The Balaban J connectivity index is 1.95. The van der Waals surface area contributed by atoms with Gasteiger partial charge >= 0.3 is 0 Å². The molecule has 1 saturated heterocycles. The van der Waals surface area contributed by atoms with Crippen LogP contribution in [0.3, 0.4) is 0 Å². The molecular formula is C17H14N2O3S2. The van der Waals surface area contributed by atoms with Crippen molar-refractivity contribution < 1.29 is 14.3 Å². The maximum Gasteiger partial charge on any atom is 0.270 e. The summed E-state index contributed by atoms with van der Waals surface area (Å²) in [6.07, 6.45) is 5.04. The summed E-state index contributed by atoms with van der Waals surface area (Å²) in [6, 6.07) is 9.01. The number of thioether (sulfide) groups is 1. The number of anilines is 1. The van der Waals surface area contributed by atoms with Gasteiger partial charge in [0.2, 0.25) is 0 Å². The van der Waals surface area contributed by atoms with Gasteiger partial charge in [-0.2, -0.15) is 0 Å². The Hall–Kier alpha value is -2.38. The van der Waals surface area contributed by atoms with E-state index in [0.29, 0.717) is 26.4 Å². The third-order valence-electron chi connectivity index (χ3n) is 3.37. The Morgan fingerprint density at radius 3 is 2.50 bits per heavy atom. The van der Waals surface area contributed by atoms with Crippen molar-refractivity contribution in [3.05, 3.63) is 53.2 Å². The number of ether oxygens (including phenoxy) is 2. The molecule has 1 aliphatic heterocycles. The third-order valence-corrected chi connectivity index (χ3v) is 4.67. The molecule has 0 saturated carbocycles. The van der Waals surface area contributed by atoms with Crippen LogP contribution >= 0.6 is 24.0 Å². The summed E-state index contributed by atoms with van der Waals surface area (Å²) in [6.45, 7) is 0. The van der Waals surface area contributed by atoms with Crippen LogP contribution in [-0.4, -0.2) is 29.4 Å². The molecule has 7 heteroatoms. The first-order valence-electron chi connectivity index (χ1n) is 7.03. The summed E-state index contributed by atoms with van der Waals surface area (Å²) in [4.78, 5) is 18.7. The van der Waals surface area contributed by atoms with Crippen LogP contribution in [-0.2, 0) is 4.79 Å². The van der Waals surface area contributed by atoms with Crippen LogP contribution in [0.5, 0.6) is 11.5 Å². The molecule has 2 heterocycles. The van der Waals surface area contributed by atoms with Crippen LogP contribution in [0.2, 0.25) is 0 Å². The summed E-state index contributed by atoms with van der Waals surface area (Å²) >= 11 is 6.60. The van der Waals surface area contributed by atoms with E-state index in [-0.39, 0.29) is 5.91 Å². The van der Waals surface area contributed by atoms with Gasteiger partial charge in [-0.05, 0) is 35.9 Å². The van der Waals surface area contributed by atoms with E-state index >= 15 is 0 Å². The highest BCUT2D eigenvalue weighted by Crippen LogP contribution is 2.36. The van der Waals surface area contributed by atoms with Gasteiger partial charge in [0.05, 0.1) is 31.0 Å². The monoisotopic (exact) mass is 358 g/mol. The molecule has 0 N–H and O–H groups in total. The quantitative estimate of drug-likeness (QED) is 0.616. The molecule has 1 amide bonds. The lowest BCUT2D eigenvalue weighted by molar-refractivity contribution is -0.113. The van der Waals surface area contributed by atoms with Crippen molar-refractivity contribution in [2.24, 2.45) is 0 Å². The minimum absolute atomic E-state index is 0.167. The van der Waals surface area contributed by atoms with Gasteiger partial charge in [0.15, 0.2) is 4.32 Å². The van der Waals surface area contributed by atoms with Gasteiger partial charge in [-0.3, -0.25) is 14.7 Å². The summed E-state index contributed by atoms with van der Waals surface area (Å²) in [7, 11) is 3.17. The Labute approximate surface area is 149 Å². The normalized spacial score (nSPS) is 15.9.